The summed E-state index contributed by atoms with van der Waals surface area (Å²) in [6, 6.07) is 1.00. The second-order valence-electron chi connectivity index (χ2n) is 6.42. The quantitative estimate of drug-likeness (QED) is 0.690. The third kappa shape index (κ3) is 1.42. The first kappa shape index (κ1) is 10.3. The van der Waals surface area contributed by atoms with Crippen LogP contribution >= 0.6 is 11.8 Å². The summed E-state index contributed by atoms with van der Waals surface area (Å²) < 4.78 is 0. The second-order valence-corrected chi connectivity index (χ2v) is 7.50. The fraction of sp³-hybridized carbons (Fsp3) is 1.00. The highest BCUT2D eigenvalue weighted by Gasteiger charge is 2.55. The molecule has 2 aliphatic heterocycles. The molecule has 0 aromatic carbocycles. The molecular weight excluding hydrogens is 214 g/mol. The number of fused-ring (bicyclic) bond motifs is 5. The number of rotatable bonds is 1. The lowest BCUT2D eigenvalue weighted by molar-refractivity contribution is 0.0839. The summed E-state index contributed by atoms with van der Waals surface area (Å²) in [6.07, 6.45) is 7.58. The molecule has 5 unspecified atom stereocenters. The molecule has 4 rings (SSSR count). The van der Waals surface area contributed by atoms with E-state index in [0.717, 1.165) is 29.7 Å². The van der Waals surface area contributed by atoms with Crippen molar-refractivity contribution in [3.63, 3.8) is 0 Å². The Morgan fingerprint density at radius 3 is 2.50 bits per heavy atom. The normalized spacial score (nSPS) is 52.1. The Hall–Kier alpha value is 0.310. The lowest BCUT2D eigenvalue weighted by Crippen LogP contribution is -2.45. The molecule has 0 amide bonds. The largest absolute Gasteiger partial charge is 0.300 e. The van der Waals surface area contributed by atoms with Gasteiger partial charge in [0.1, 0.15) is 0 Å². The highest BCUT2D eigenvalue weighted by Crippen LogP contribution is 2.58. The smallest absolute Gasteiger partial charge is 0.0129 e. The van der Waals surface area contributed by atoms with Crippen molar-refractivity contribution in [2.45, 2.75) is 38.1 Å². The number of likely N-dealkylation sites (tertiary alicyclic amines) is 1. The summed E-state index contributed by atoms with van der Waals surface area (Å²) in [5.41, 5.74) is 0. The van der Waals surface area contributed by atoms with Crippen molar-refractivity contribution < 1.29 is 0 Å². The van der Waals surface area contributed by atoms with Crippen molar-refractivity contribution in [1.82, 2.24) is 4.90 Å². The maximum Gasteiger partial charge on any atom is 0.0129 e. The van der Waals surface area contributed by atoms with Crippen LogP contribution in [0, 0.1) is 23.7 Å². The van der Waals surface area contributed by atoms with E-state index in [1.54, 1.807) is 12.8 Å². The predicted octanol–water partition coefficient (Wildman–Crippen LogP) is 2.86. The van der Waals surface area contributed by atoms with Crippen LogP contribution in [0.3, 0.4) is 0 Å². The van der Waals surface area contributed by atoms with Gasteiger partial charge in [0.2, 0.25) is 0 Å². The molecule has 1 nitrogen and oxygen atoms in total. The summed E-state index contributed by atoms with van der Waals surface area (Å²) in [7, 11) is 0. The molecule has 0 spiro atoms. The van der Waals surface area contributed by atoms with E-state index in [0.29, 0.717) is 0 Å². The molecule has 2 aliphatic carbocycles. The first-order chi connectivity index (χ1) is 7.93. The summed E-state index contributed by atoms with van der Waals surface area (Å²) in [6.45, 7) is 2.83. The first-order valence-electron chi connectivity index (χ1n) is 7.25. The molecule has 2 saturated heterocycles. The van der Waals surface area contributed by atoms with Crippen molar-refractivity contribution in [3.05, 3.63) is 0 Å². The van der Waals surface area contributed by atoms with Crippen LogP contribution in [-0.2, 0) is 0 Å². The van der Waals surface area contributed by atoms with Crippen LogP contribution in [0.1, 0.15) is 32.1 Å². The van der Waals surface area contributed by atoms with Gasteiger partial charge in [0.05, 0.1) is 0 Å². The molecule has 16 heavy (non-hydrogen) atoms. The van der Waals surface area contributed by atoms with E-state index in [2.05, 4.69) is 16.7 Å². The number of hydrogen-bond donors (Lipinski definition) is 0. The molecule has 90 valence electrons. The maximum atomic E-state index is 2.87. The zero-order valence-corrected chi connectivity index (χ0v) is 10.9. The van der Waals surface area contributed by atoms with E-state index < -0.39 is 0 Å². The molecule has 2 saturated carbocycles. The number of piperidine rings is 1. The van der Waals surface area contributed by atoms with Gasteiger partial charge in [-0.2, -0.15) is 11.8 Å². The monoisotopic (exact) mass is 237 g/mol. The Kier molecular flexibility index (Phi) is 2.51. The summed E-state index contributed by atoms with van der Waals surface area (Å²) in [4.78, 5) is 2.87. The van der Waals surface area contributed by atoms with Crippen LogP contribution in [0.15, 0.2) is 0 Å². The zero-order chi connectivity index (χ0) is 10.5. The Balaban J connectivity index is 1.51. The van der Waals surface area contributed by atoms with E-state index in [-0.39, 0.29) is 0 Å². The average molecular weight is 237 g/mol. The molecular formula is C14H23NS. The van der Waals surface area contributed by atoms with E-state index in [1.165, 1.54) is 43.9 Å². The van der Waals surface area contributed by atoms with Gasteiger partial charge < -0.3 is 4.90 Å². The molecule has 0 aromatic heterocycles. The number of hydrogen-bond acceptors (Lipinski definition) is 2. The van der Waals surface area contributed by atoms with Crippen molar-refractivity contribution >= 4 is 11.8 Å². The van der Waals surface area contributed by atoms with Crippen LogP contribution in [0.4, 0.5) is 0 Å². The topological polar surface area (TPSA) is 3.24 Å². The molecule has 0 radical (unpaired) electrons. The van der Waals surface area contributed by atoms with E-state index in [9.17, 15) is 0 Å². The molecule has 4 aliphatic rings. The SMILES string of the molecule is C1CCN(C2CC3CC2C2CSCC32)CC1. The average Bonchev–Trinajstić information content (AvgIpc) is 3.02. The summed E-state index contributed by atoms with van der Waals surface area (Å²) in [5.74, 6) is 7.47. The van der Waals surface area contributed by atoms with E-state index in [1.807, 2.05) is 0 Å². The van der Waals surface area contributed by atoms with Gasteiger partial charge in [-0.05, 0) is 74.0 Å². The van der Waals surface area contributed by atoms with Crippen molar-refractivity contribution in [3.8, 4) is 0 Å². The minimum Gasteiger partial charge on any atom is -0.300 e. The Morgan fingerprint density at radius 2 is 1.62 bits per heavy atom. The third-order valence-electron chi connectivity index (χ3n) is 5.80. The Labute approximate surface area is 103 Å². The number of thioether (sulfide) groups is 1. The minimum absolute atomic E-state index is 1.00. The highest BCUT2D eigenvalue weighted by molar-refractivity contribution is 7.99. The van der Waals surface area contributed by atoms with Crippen molar-refractivity contribution in [1.29, 1.82) is 0 Å². The lowest BCUT2D eigenvalue weighted by atomic mass is 9.78. The lowest BCUT2D eigenvalue weighted by Gasteiger charge is -2.40. The first-order valence-corrected chi connectivity index (χ1v) is 8.41. The van der Waals surface area contributed by atoms with Gasteiger partial charge >= 0.3 is 0 Å². The van der Waals surface area contributed by atoms with E-state index in [4.69, 9.17) is 0 Å². The molecule has 2 heteroatoms. The molecule has 0 N–H and O–H groups in total. The molecule has 4 fully saturated rings. The fourth-order valence-electron chi connectivity index (χ4n) is 5.08. The standard InChI is InChI=1S/C14H23NS/c1-2-4-15(5-3-1)14-7-10-6-11(14)13-9-16-8-12(10)13/h10-14H,1-9H2. The Morgan fingerprint density at radius 1 is 0.812 bits per heavy atom. The van der Waals surface area contributed by atoms with Gasteiger partial charge in [0.25, 0.3) is 0 Å². The zero-order valence-electron chi connectivity index (χ0n) is 10.1. The maximum absolute atomic E-state index is 2.87. The van der Waals surface area contributed by atoms with Crippen LogP contribution in [0.5, 0.6) is 0 Å². The second kappa shape index (κ2) is 3.91. The van der Waals surface area contributed by atoms with Crippen LogP contribution in [0.25, 0.3) is 0 Å². The van der Waals surface area contributed by atoms with Crippen LogP contribution in [0.2, 0.25) is 0 Å². The van der Waals surface area contributed by atoms with Crippen molar-refractivity contribution in [2.24, 2.45) is 23.7 Å². The minimum atomic E-state index is 1.00. The fourth-order valence-corrected chi connectivity index (χ4v) is 6.78. The van der Waals surface area contributed by atoms with Gasteiger partial charge in [-0.15, -0.1) is 0 Å². The summed E-state index contributed by atoms with van der Waals surface area (Å²) in [5, 5.41) is 0. The summed E-state index contributed by atoms with van der Waals surface area (Å²) >= 11 is 2.24. The van der Waals surface area contributed by atoms with E-state index >= 15 is 0 Å². The molecule has 2 bridgehead atoms. The van der Waals surface area contributed by atoms with Gasteiger partial charge in [-0.1, -0.05) is 6.42 Å². The molecule has 5 atom stereocenters. The molecule has 0 aromatic rings. The van der Waals surface area contributed by atoms with Crippen LogP contribution in [-0.4, -0.2) is 35.5 Å². The van der Waals surface area contributed by atoms with Crippen LogP contribution < -0.4 is 0 Å². The van der Waals surface area contributed by atoms with Gasteiger partial charge in [-0.3, -0.25) is 0 Å². The number of nitrogens with zero attached hydrogens (tertiary/aromatic N) is 1. The predicted molar refractivity (Wildman–Crippen MR) is 69.7 cm³/mol. The van der Waals surface area contributed by atoms with Gasteiger partial charge in [0, 0.05) is 6.04 Å². The van der Waals surface area contributed by atoms with Gasteiger partial charge in [0.15, 0.2) is 0 Å². The highest BCUT2D eigenvalue weighted by atomic mass is 32.2. The molecule has 2 heterocycles. The van der Waals surface area contributed by atoms with Crippen molar-refractivity contribution in [2.75, 3.05) is 24.6 Å². The Bertz CT molecular complexity index is 274. The third-order valence-corrected chi connectivity index (χ3v) is 7.04. The van der Waals surface area contributed by atoms with Gasteiger partial charge in [-0.25, -0.2) is 0 Å².